The lowest BCUT2D eigenvalue weighted by Gasteiger charge is -2.03. The van der Waals surface area contributed by atoms with Gasteiger partial charge in [-0.25, -0.2) is 0 Å². The third-order valence-electron chi connectivity index (χ3n) is 1.06. The molecule has 4 N–H and O–H groups in total. The highest BCUT2D eigenvalue weighted by molar-refractivity contribution is 7.37. The van der Waals surface area contributed by atoms with Crippen molar-refractivity contribution in [2.45, 2.75) is 12.5 Å². The number of aliphatic hydroxyl groups excluding tert-OH is 1. The molecule has 0 radical (unpaired) electrons. The number of carbonyl (C=O) groups is 1. The Hall–Kier alpha value is -0.180. The van der Waals surface area contributed by atoms with E-state index in [-0.39, 0.29) is 6.35 Å². The predicted octanol–water partition coefficient (Wildman–Crippen LogP) is -0.583. The highest BCUT2D eigenvalue weighted by Crippen LogP contribution is 2.09. The molecule has 0 bridgehead atoms. The molecule has 0 aromatic heterocycles. The highest BCUT2D eigenvalue weighted by atomic mass is 31.1. The zero-order valence-electron chi connectivity index (χ0n) is 5.58. The summed E-state index contributed by atoms with van der Waals surface area (Å²) in [7, 11) is 0.413. The maximum atomic E-state index is 10.1. The van der Waals surface area contributed by atoms with Gasteiger partial charge in [-0.15, -0.1) is 0 Å². The first-order valence-electron chi connectivity index (χ1n) is 2.98. The minimum atomic E-state index is -0.970. The molecule has 10 heavy (non-hydrogen) atoms. The van der Waals surface area contributed by atoms with Crippen molar-refractivity contribution < 1.29 is 15.0 Å². The number of carboxylic acids is 1. The first kappa shape index (κ1) is 9.82. The molecule has 0 aliphatic rings. The van der Waals surface area contributed by atoms with Crippen LogP contribution in [0.25, 0.3) is 0 Å². The van der Waals surface area contributed by atoms with Gasteiger partial charge in [0.2, 0.25) is 0 Å². The van der Waals surface area contributed by atoms with Gasteiger partial charge in [0, 0.05) is 0 Å². The molecule has 2 atom stereocenters. The summed E-state index contributed by atoms with van der Waals surface area (Å²) in [6.45, 7) is 0. The van der Waals surface area contributed by atoms with Crippen molar-refractivity contribution in [1.29, 1.82) is 0 Å². The van der Waals surface area contributed by atoms with Gasteiger partial charge >= 0.3 is 5.97 Å². The molecule has 0 saturated heterocycles. The van der Waals surface area contributed by atoms with Crippen molar-refractivity contribution in [2.75, 3.05) is 12.5 Å². The van der Waals surface area contributed by atoms with Gasteiger partial charge in [-0.3, -0.25) is 4.79 Å². The van der Waals surface area contributed by atoms with E-state index in [1.165, 1.54) is 0 Å². The summed E-state index contributed by atoms with van der Waals surface area (Å²) in [5.74, 6) is -0.970. The molecular weight excluding hydrogens is 153 g/mol. The zero-order valence-corrected chi connectivity index (χ0v) is 6.58. The third kappa shape index (κ3) is 4.68. The Kier molecular flexibility index (Phi) is 5.49. The van der Waals surface area contributed by atoms with E-state index >= 15 is 0 Å². The van der Waals surface area contributed by atoms with Crippen LogP contribution in [0.4, 0.5) is 0 Å². The first-order chi connectivity index (χ1) is 4.68. The number of hydrogen-bond donors (Lipinski definition) is 3. The second-order valence-corrected chi connectivity index (χ2v) is 3.21. The van der Waals surface area contributed by atoms with Gasteiger partial charge in [0.1, 0.15) is 6.04 Å². The number of nitrogens with two attached hydrogens (primary N) is 1. The summed E-state index contributed by atoms with van der Waals surface area (Å²) in [5, 5.41) is 16.6. The van der Waals surface area contributed by atoms with Crippen molar-refractivity contribution in [3.8, 4) is 0 Å². The molecule has 60 valence electrons. The van der Waals surface area contributed by atoms with E-state index in [0.29, 0.717) is 21.2 Å². The molecule has 0 rings (SSSR count). The Bertz CT molecular complexity index is 109. The van der Waals surface area contributed by atoms with Crippen molar-refractivity contribution >= 4 is 14.6 Å². The van der Waals surface area contributed by atoms with E-state index in [1.54, 1.807) is 0 Å². The predicted molar refractivity (Wildman–Crippen MR) is 40.5 cm³/mol. The quantitative estimate of drug-likeness (QED) is 0.376. The first-order valence-corrected chi connectivity index (χ1v) is 4.40. The lowest BCUT2D eigenvalue weighted by Crippen LogP contribution is -2.30. The lowest BCUT2D eigenvalue weighted by atomic mass is 10.2. The van der Waals surface area contributed by atoms with Crippen molar-refractivity contribution in [3.63, 3.8) is 0 Å². The summed E-state index contributed by atoms with van der Waals surface area (Å²) in [4.78, 5) is 10.1. The van der Waals surface area contributed by atoms with Gasteiger partial charge in [0.25, 0.3) is 0 Å². The maximum Gasteiger partial charge on any atom is 0.320 e. The van der Waals surface area contributed by atoms with E-state index in [0.717, 1.165) is 0 Å². The SMILES string of the molecule is N[C@@H](CCPCO)C(=O)O. The van der Waals surface area contributed by atoms with Crippen molar-refractivity contribution in [1.82, 2.24) is 0 Å². The summed E-state index contributed by atoms with van der Waals surface area (Å²) < 4.78 is 0. The topological polar surface area (TPSA) is 83.5 Å². The average Bonchev–Trinajstić information content (AvgIpc) is 1.88. The number of aliphatic hydroxyl groups is 1. The molecule has 0 aromatic carbocycles. The summed E-state index contributed by atoms with van der Waals surface area (Å²) >= 11 is 0. The van der Waals surface area contributed by atoms with Crippen LogP contribution in [0, 0.1) is 0 Å². The van der Waals surface area contributed by atoms with E-state index in [9.17, 15) is 4.79 Å². The molecule has 0 fully saturated rings. The van der Waals surface area contributed by atoms with Gasteiger partial charge in [0.15, 0.2) is 0 Å². The minimum Gasteiger partial charge on any atom is -0.480 e. The molecule has 0 aromatic rings. The van der Waals surface area contributed by atoms with Crippen LogP contribution < -0.4 is 5.73 Å². The fourth-order valence-corrected chi connectivity index (χ4v) is 1.13. The van der Waals surface area contributed by atoms with Gasteiger partial charge in [-0.2, -0.15) is 0 Å². The van der Waals surface area contributed by atoms with Gasteiger partial charge in [-0.05, 0) is 12.6 Å². The molecule has 0 heterocycles. The van der Waals surface area contributed by atoms with Crippen LogP contribution in [0.1, 0.15) is 6.42 Å². The molecule has 1 unspecified atom stereocenters. The molecule has 0 amide bonds. The van der Waals surface area contributed by atoms with Crippen molar-refractivity contribution in [3.05, 3.63) is 0 Å². The molecule has 0 saturated carbocycles. The molecule has 0 aliphatic heterocycles. The standard InChI is InChI=1S/C5H12NO3P/c6-4(5(8)9)1-2-10-3-7/h4,7,10H,1-3,6H2,(H,8,9)/t4-/m0/s1. The fourth-order valence-electron chi connectivity index (χ4n) is 0.460. The molecular formula is C5H12NO3P. The lowest BCUT2D eigenvalue weighted by molar-refractivity contribution is -0.138. The third-order valence-corrected chi connectivity index (χ3v) is 1.93. The van der Waals surface area contributed by atoms with Crippen LogP contribution >= 0.6 is 8.58 Å². The molecule has 0 aliphatic carbocycles. The number of carboxylic acid groups (broad SMARTS) is 1. The number of hydrogen-bond acceptors (Lipinski definition) is 3. The van der Waals surface area contributed by atoms with Crippen LogP contribution in [0.2, 0.25) is 0 Å². The molecule has 4 nitrogen and oxygen atoms in total. The molecule has 5 heteroatoms. The van der Waals surface area contributed by atoms with E-state index < -0.39 is 12.0 Å². The van der Waals surface area contributed by atoms with Gasteiger partial charge < -0.3 is 15.9 Å². The largest absolute Gasteiger partial charge is 0.480 e. The smallest absolute Gasteiger partial charge is 0.320 e. The summed E-state index contributed by atoms with van der Waals surface area (Å²) in [6.07, 6.45) is 1.28. The Morgan fingerprint density at radius 2 is 2.30 bits per heavy atom. The van der Waals surface area contributed by atoms with Crippen LogP contribution in [0.3, 0.4) is 0 Å². The van der Waals surface area contributed by atoms with Crippen LogP contribution in [-0.2, 0) is 4.79 Å². The van der Waals surface area contributed by atoms with Crippen LogP contribution in [0.5, 0.6) is 0 Å². The van der Waals surface area contributed by atoms with Crippen LogP contribution in [-0.4, -0.2) is 34.7 Å². The van der Waals surface area contributed by atoms with Crippen molar-refractivity contribution in [2.24, 2.45) is 5.73 Å². The van der Waals surface area contributed by atoms with E-state index in [2.05, 4.69) is 0 Å². The zero-order chi connectivity index (χ0) is 7.98. The van der Waals surface area contributed by atoms with E-state index in [1.807, 2.05) is 0 Å². The average molecular weight is 165 g/mol. The van der Waals surface area contributed by atoms with E-state index in [4.69, 9.17) is 15.9 Å². The maximum absolute atomic E-state index is 10.1. The Labute approximate surface area is 61.2 Å². The Morgan fingerprint density at radius 3 is 2.70 bits per heavy atom. The summed E-state index contributed by atoms with van der Waals surface area (Å²) in [5.41, 5.74) is 5.18. The van der Waals surface area contributed by atoms with Gasteiger partial charge in [0.05, 0.1) is 6.35 Å². The molecule has 0 spiro atoms. The monoisotopic (exact) mass is 165 g/mol. The second kappa shape index (κ2) is 5.59. The normalized spacial score (nSPS) is 14.2. The van der Waals surface area contributed by atoms with Crippen LogP contribution in [0.15, 0.2) is 0 Å². The number of aliphatic carboxylic acids is 1. The fraction of sp³-hybridized carbons (Fsp3) is 0.800. The summed E-state index contributed by atoms with van der Waals surface area (Å²) in [6, 6.07) is -0.765. The Morgan fingerprint density at radius 1 is 1.70 bits per heavy atom. The highest BCUT2D eigenvalue weighted by Gasteiger charge is 2.09. The minimum absolute atomic E-state index is 0.131. The van der Waals surface area contributed by atoms with Gasteiger partial charge in [-0.1, -0.05) is 8.58 Å². The Balaban J connectivity index is 3.21. The number of rotatable bonds is 5. The second-order valence-electron chi connectivity index (χ2n) is 1.89.